The summed E-state index contributed by atoms with van der Waals surface area (Å²) in [5.74, 6) is -0.436. The average molecular weight is 296 g/mol. The van der Waals surface area contributed by atoms with Gasteiger partial charge in [-0.05, 0) is 24.1 Å². The maximum atomic E-state index is 12.5. The fraction of sp³-hybridized carbons (Fsp3) is 0.222. The lowest BCUT2D eigenvalue weighted by atomic mass is 10.0. The first-order valence-electron chi connectivity index (χ1n) is 7.24. The Bertz CT molecular complexity index is 653. The first-order chi connectivity index (χ1) is 10.6. The molecule has 0 radical (unpaired) electrons. The van der Waals surface area contributed by atoms with Crippen molar-refractivity contribution in [1.82, 2.24) is 5.32 Å². The van der Waals surface area contributed by atoms with Crippen LogP contribution in [-0.4, -0.2) is 17.9 Å². The highest BCUT2D eigenvalue weighted by Crippen LogP contribution is 2.14. The molecule has 1 atom stereocenters. The first kappa shape index (κ1) is 15.8. The number of nitrogens with one attached hydrogen (secondary N) is 2. The predicted octanol–water partition coefficient (Wildman–Crippen LogP) is 2.68. The van der Waals surface area contributed by atoms with Gasteiger partial charge in [-0.2, -0.15) is 0 Å². The van der Waals surface area contributed by atoms with E-state index in [0.29, 0.717) is 6.42 Å². The van der Waals surface area contributed by atoms with Gasteiger partial charge < -0.3 is 10.6 Å². The lowest BCUT2D eigenvalue weighted by molar-refractivity contribution is -0.125. The largest absolute Gasteiger partial charge is 0.344 e. The smallest absolute Gasteiger partial charge is 0.247 e. The zero-order valence-corrected chi connectivity index (χ0v) is 12.8. The number of amides is 2. The Morgan fingerprint density at radius 3 is 2.27 bits per heavy atom. The molecule has 0 bridgehead atoms. The van der Waals surface area contributed by atoms with Crippen LogP contribution in [-0.2, 0) is 16.0 Å². The molecular weight excluding hydrogens is 276 g/mol. The van der Waals surface area contributed by atoms with Crippen molar-refractivity contribution >= 4 is 17.5 Å². The van der Waals surface area contributed by atoms with Crippen LogP contribution in [0.1, 0.15) is 18.1 Å². The molecule has 2 rings (SSSR count). The SMILES string of the molecule is CC(=O)N[C@H](Cc1ccccc1)C(=O)Nc1ccccc1C. The molecule has 2 amide bonds. The highest BCUT2D eigenvalue weighted by molar-refractivity contribution is 5.97. The van der Waals surface area contributed by atoms with E-state index < -0.39 is 6.04 Å². The van der Waals surface area contributed by atoms with Crippen molar-refractivity contribution in [1.29, 1.82) is 0 Å². The van der Waals surface area contributed by atoms with Crippen LogP contribution in [0.3, 0.4) is 0 Å². The van der Waals surface area contributed by atoms with Crippen molar-refractivity contribution in [2.45, 2.75) is 26.3 Å². The monoisotopic (exact) mass is 296 g/mol. The van der Waals surface area contributed by atoms with Crippen molar-refractivity contribution in [3.05, 3.63) is 65.7 Å². The topological polar surface area (TPSA) is 58.2 Å². The van der Waals surface area contributed by atoms with Gasteiger partial charge in [0.05, 0.1) is 0 Å². The van der Waals surface area contributed by atoms with Gasteiger partial charge in [0.1, 0.15) is 6.04 Å². The van der Waals surface area contributed by atoms with Crippen molar-refractivity contribution < 1.29 is 9.59 Å². The number of carbonyl (C=O) groups is 2. The second kappa shape index (κ2) is 7.41. The highest BCUT2D eigenvalue weighted by atomic mass is 16.2. The van der Waals surface area contributed by atoms with Crippen LogP contribution >= 0.6 is 0 Å². The number of aryl methyl sites for hydroxylation is 1. The van der Waals surface area contributed by atoms with Gasteiger partial charge in [-0.1, -0.05) is 48.5 Å². The van der Waals surface area contributed by atoms with E-state index >= 15 is 0 Å². The fourth-order valence-corrected chi connectivity index (χ4v) is 2.24. The molecule has 0 saturated heterocycles. The normalized spacial score (nSPS) is 11.5. The molecule has 2 N–H and O–H groups in total. The Labute approximate surface area is 130 Å². The molecule has 2 aromatic carbocycles. The molecule has 0 heterocycles. The molecular formula is C18H20N2O2. The molecule has 0 unspecified atom stereocenters. The van der Waals surface area contributed by atoms with Crippen molar-refractivity contribution in [3.8, 4) is 0 Å². The van der Waals surface area contributed by atoms with Gasteiger partial charge in [0.2, 0.25) is 11.8 Å². The molecule has 114 valence electrons. The third kappa shape index (κ3) is 4.45. The maximum absolute atomic E-state index is 12.5. The molecule has 0 saturated carbocycles. The minimum absolute atomic E-state index is 0.214. The summed E-state index contributed by atoms with van der Waals surface area (Å²) in [6.07, 6.45) is 0.456. The van der Waals surface area contributed by atoms with Gasteiger partial charge in [-0.3, -0.25) is 9.59 Å². The summed E-state index contributed by atoms with van der Waals surface area (Å²) >= 11 is 0. The number of para-hydroxylation sites is 1. The van der Waals surface area contributed by atoms with Crippen LogP contribution < -0.4 is 10.6 Å². The summed E-state index contributed by atoms with van der Waals surface area (Å²) in [5, 5.41) is 5.60. The molecule has 0 spiro atoms. The summed E-state index contributed by atoms with van der Waals surface area (Å²) < 4.78 is 0. The molecule has 0 aliphatic rings. The van der Waals surface area contributed by atoms with E-state index in [4.69, 9.17) is 0 Å². The van der Waals surface area contributed by atoms with Gasteiger partial charge >= 0.3 is 0 Å². The number of benzene rings is 2. The quantitative estimate of drug-likeness (QED) is 0.891. The van der Waals surface area contributed by atoms with Gasteiger partial charge in [-0.15, -0.1) is 0 Å². The molecule has 0 aliphatic heterocycles. The first-order valence-corrected chi connectivity index (χ1v) is 7.24. The molecule has 2 aromatic rings. The van der Waals surface area contributed by atoms with E-state index in [0.717, 1.165) is 16.8 Å². The summed E-state index contributed by atoms with van der Waals surface area (Å²) in [6.45, 7) is 3.35. The number of anilines is 1. The van der Waals surface area contributed by atoms with E-state index in [-0.39, 0.29) is 11.8 Å². The molecule has 0 aromatic heterocycles. The molecule has 22 heavy (non-hydrogen) atoms. The van der Waals surface area contributed by atoms with Gasteiger partial charge in [0.15, 0.2) is 0 Å². The predicted molar refractivity (Wildman–Crippen MR) is 87.6 cm³/mol. The number of carbonyl (C=O) groups excluding carboxylic acids is 2. The van der Waals surface area contributed by atoms with Gasteiger partial charge in [0.25, 0.3) is 0 Å². The Hall–Kier alpha value is -2.62. The molecule has 4 nitrogen and oxygen atoms in total. The van der Waals surface area contributed by atoms with Crippen molar-refractivity contribution in [2.24, 2.45) is 0 Å². The van der Waals surface area contributed by atoms with Gasteiger partial charge in [0, 0.05) is 19.0 Å². The Morgan fingerprint density at radius 2 is 1.64 bits per heavy atom. The standard InChI is InChI=1S/C18H20N2O2/c1-13-8-6-7-11-16(13)20-18(22)17(19-14(2)21)12-15-9-4-3-5-10-15/h3-11,17H,12H2,1-2H3,(H,19,21)(H,20,22)/t17-/m1/s1. The molecule has 0 fully saturated rings. The van der Waals surface area contributed by atoms with Gasteiger partial charge in [-0.25, -0.2) is 0 Å². The number of hydrogen-bond acceptors (Lipinski definition) is 2. The fourth-order valence-electron chi connectivity index (χ4n) is 2.24. The minimum atomic E-state index is -0.598. The summed E-state index contributed by atoms with van der Waals surface area (Å²) in [5.41, 5.74) is 2.74. The van der Waals surface area contributed by atoms with E-state index in [9.17, 15) is 9.59 Å². The van der Waals surface area contributed by atoms with Crippen LogP contribution in [0.15, 0.2) is 54.6 Å². The number of rotatable bonds is 5. The van der Waals surface area contributed by atoms with Crippen molar-refractivity contribution in [3.63, 3.8) is 0 Å². The summed E-state index contributed by atoms with van der Waals surface area (Å²) in [7, 11) is 0. The Balaban J connectivity index is 2.12. The average Bonchev–Trinajstić information content (AvgIpc) is 2.49. The molecule has 4 heteroatoms. The third-order valence-electron chi connectivity index (χ3n) is 3.38. The second-order valence-corrected chi connectivity index (χ2v) is 5.25. The van der Waals surface area contributed by atoms with Crippen LogP contribution in [0.25, 0.3) is 0 Å². The number of hydrogen-bond donors (Lipinski definition) is 2. The van der Waals surface area contributed by atoms with E-state index in [2.05, 4.69) is 10.6 Å². The van der Waals surface area contributed by atoms with Crippen LogP contribution in [0.2, 0.25) is 0 Å². The highest BCUT2D eigenvalue weighted by Gasteiger charge is 2.20. The van der Waals surface area contributed by atoms with E-state index in [1.54, 1.807) is 0 Å². The Kier molecular flexibility index (Phi) is 5.31. The summed E-state index contributed by atoms with van der Waals surface area (Å²) in [6, 6.07) is 16.6. The Morgan fingerprint density at radius 1 is 1.00 bits per heavy atom. The van der Waals surface area contributed by atoms with Crippen LogP contribution in [0, 0.1) is 6.92 Å². The lowest BCUT2D eigenvalue weighted by Crippen LogP contribution is -2.44. The summed E-state index contributed by atoms with van der Waals surface area (Å²) in [4.78, 5) is 23.9. The molecule has 0 aliphatic carbocycles. The zero-order chi connectivity index (χ0) is 15.9. The second-order valence-electron chi connectivity index (χ2n) is 5.25. The minimum Gasteiger partial charge on any atom is -0.344 e. The van der Waals surface area contributed by atoms with Crippen LogP contribution in [0.4, 0.5) is 5.69 Å². The maximum Gasteiger partial charge on any atom is 0.247 e. The van der Waals surface area contributed by atoms with E-state index in [1.807, 2.05) is 61.5 Å². The van der Waals surface area contributed by atoms with Crippen LogP contribution in [0.5, 0.6) is 0 Å². The van der Waals surface area contributed by atoms with E-state index in [1.165, 1.54) is 6.92 Å². The van der Waals surface area contributed by atoms with Crippen molar-refractivity contribution in [2.75, 3.05) is 5.32 Å². The zero-order valence-electron chi connectivity index (χ0n) is 12.8. The third-order valence-corrected chi connectivity index (χ3v) is 3.38. The lowest BCUT2D eigenvalue weighted by Gasteiger charge is -2.18.